The minimum atomic E-state index is 0.738. The van der Waals surface area contributed by atoms with Crippen LogP contribution in [0.3, 0.4) is 0 Å². The summed E-state index contributed by atoms with van der Waals surface area (Å²) in [6, 6.07) is 7.37. The lowest BCUT2D eigenvalue weighted by Gasteiger charge is -2.09. The predicted octanol–water partition coefficient (Wildman–Crippen LogP) is 3.56. The highest BCUT2D eigenvalue weighted by Gasteiger charge is 2.20. The Morgan fingerprint density at radius 2 is 2.16 bits per heavy atom. The molecule has 0 unspecified atom stereocenters. The van der Waals surface area contributed by atoms with Gasteiger partial charge in [-0.1, -0.05) is 40.8 Å². The molecule has 3 nitrogen and oxygen atoms in total. The number of hydrogen-bond acceptors (Lipinski definition) is 5. The van der Waals surface area contributed by atoms with E-state index in [1.807, 2.05) is 6.92 Å². The Balaban J connectivity index is 1.77. The Labute approximate surface area is 121 Å². The molecule has 5 heteroatoms. The van der Waals surface area contributed by atoms with Crippen LogP contribution in [0.15, 0.2) is 27.4 Å². The van der Waals surface area contributed by atoms with Crippen molar-refractivity contribution in [1.29, 1.82) is 0 Å². The Morgan fingerprint density at radius 1 is 1.32 bits per heavy atom. The van der Waals surface area contributed by atoms with Crippen molar-refractivity contribution in [2.45, 2.75) is 48.5 Å². The highest BCUT2D eigenvalue weighted by Crippen LogP contribution is 2.33. The maximum absolute atomic E-state index is 4.19. The SMILES string of the molecule is Cc1ccc(Sc2nnc(C)s2)c(CNC2CC2)c1. The first-order chi connectivity index (χ1) is 9.20. The Morgan fingerprint density at radius 3 is 2.84 bits per heavy atom. The zero-order valence-corrected chi connectivity index (χ0v) is 12.8. The predicted molar refractivity (Wildman–Crippen MR) is 79.8 cm³/mol. The third-order valence-electron chi connectivity index (χ3n) is 3.08. The van der Waals surface area contributed by atoms with Crippen molar-refractivity contribution in [3.05, 3.63) is 34.3 Å². The van der Waals surface area contributed by atoms with Gasteiger partial charge in [-0.3, -0.25) is 0 Å². The molecule has 1 saturated carbocycles. The molecule has 0 radical (unpaired) electrons. The van der Waals surface area contributed by atoms with Crippen molar-refractivity contribution in [2.75, 3.05) is 0 Å². The van der Waals surface area contributed by atoms with E-state index in [0.717, 1.165) is 21.9 Å². The molecule has 1 aliphatic carbocycles. The molecule has 1 N–H and O–H groups in total. The number of aromatic nitrogens is 2. The number of aryl methyl sites for hydroxylation is 2. The minimum absolute atomic E-state index is 0.738. The molecule has 1 aromatic heterocycles. The van der Waals surface area contributed by atoms with Crippen LogP contribution in [0, 0.1) is 13.8 Å². The molecule has 3 rings (SSSR count). The molecule has 1 aliphatic rings. The van der Waals surface area contributed by atoms with E-state index in [-0.39, 0.29) is 0 Å². The highest BCUT2D eigenvalue weighted by molar-refractivity contribution is 8.01. The molecular formula is C14H17N3S2. The Kier molecular flexibility index (Phi) is 3.86. The fourth-order valence-electron chi connectivity index (χ4n) is 1.90. The van der Waals surface area contributed by atoms with Gasteiger partial charge in [0.1, 0.15) is 5.01 Å². The molecular weight excluding hydrogens is 274 g/mol. The van der Waals surface area contributed by atoms with Crippen molar-refractivity contribution in [2.24, 2.45) is 0 Å². The summed E-state index contributed by atoms with van der Waals surface area (Å²) in [5.74, 6) is 0. The molecule has 2 aromatic rings. The first-order valence-corrected chi connectivity index (χ1v) is 8.15. The molecule has 0 bridgehead atoms. The zero-order valence-electron chi connectivity index (χ0n) is 11.1. The van der Waals surface area contributed by atoms with Gasteiger partial charge in [0.25, 0.3) is 0 Å². The van der Waals surface area contributed by atoms with Crippen molar-refractivity contribution in [1.82, 2.24) is 15.5 Å². The molecule has 0 atom stereocenters. The van der Waals surface area contributed by atoms with Gasteiger partial charge >= 0.3 is 0 Å². The maximum atomic E-state index is 4.19. The summed E-state index contributed by atoms with van der Waals surface area (Å²) in [7, 11) is 0. The standard InChI is InChI=1S/C14H17N3S2/c1-9-3-6-13(19-14-17-16-10(2)18-14)11(7-9)8-15-12-4-5-12/h3,6-7,12,15H,4-5,8H2,1-2H3. The molecule has 0 amide bonds. The smallest absolute Gasteiger partial charge is 0.179 e. The van der Waals surface area contributed by atoms with Gasteiger partial charge in [-0.05, 0) is 38.3 Å². The monoisotopic (exact) mass is 291 g/mol. The molecule has 100 valence electrons. The Bertz CT molecular complexity index is 576. The first-order valence-electron chi connectivity index (χ1n) is 6.51. The fourth-order valence-corrected chi connectivity index (χ4v) is 3.78. The van der Waals surface area contributed by atoms with Gasteiger partial charge in [0.05, 0.1) is 0 Å². The number of rotatable bonds is 5. The van der Waals surface area contributed by atoms with Crippen LogP contribution in [0.5, 0.6) is 0 Å². The second kappa shape index (κ2) is 5.61. The summed E-state index contributed by atoms with van der Waals surface area (Å²) in [6.45, 7) is 5.09. The van der Waals surface area contributed by atoms with Crippen LogP contribution in [-0.2, 0) is 6.54 Å². The minimum Gasteiger partial charge on any atom is -0.310 e. The van der Waals surface area contributed by atoms with Gasteiger partial charge in [0, 0.05) is 17.5 Å². The van der Waals surface area contributed by atoms with Gasteiger partial charge < -0.3 is 5.32 Å². The Hall–Kier alpha value is -0.910. The summed E-state index contributed by atoms with van der Waals surface area (Å²) >= 11 is 3.37. The topological polar surface area (TPSA) is 37.8 Å². The van der Waals surface area contributed by atoms with E-state index in [9.17, 15) is 0 Å². The van der Waals surface area contributed by atoms with Crippen LogP contribution in [0.2, 0.25) is 0 Å². The number of nitrogens with one attached hydrogen (secondary N) is 1. The van der Waals surface area contributed by atoms with E-state index in [1.165, 1.54) is 28.9 Å². The van der Waals surface area contributed by atoms with E-state index in [2.05, 4.69) is 40.6 Å². The second-order valence-corrected chi connectivity index (χ2v) is 7.43. The summed E-state index contributed by atoms with van der Waals surface area (Å²) in [5.41, 5.74) is 2.68. The van der Waals surface area contributed by atoms with E-state index in [4.69, 9.17) is 0 Å². The van der Waals surface area contributed by atoms with Crippen LogP contribution >= 0.6 is 23.1 Å². The fraction of sp³-hybridized carbons (Fsp3) is 0.429. The third kappa shape index (κ3) is 3.55. The quantitative estimate of drug-likeness (QED) is 0.914. The average Bonchev–Trinajstić information content (AvgIpc) is 3.13. The van der Waals surface area contributed by atoms with Gasteiger partial charge in [0.15, 0.2) is 4.34 Å². The molecule has 0 aliphatic heterocycles. The van der Waals surface area contributed by atoms with Crippen LogP contribution < -0.4 is 5.32 Å². The molecule has 0 spiro atoms. The summed E-state index contributed by atoms with van der Waals surface area (Å²) in [5, 5.41) is 12.9. The van der Waals surface area contributed by atoms with Crippen molar-refractivity contribution >= 4 is 23.1 Å². The summed E-state index contributed by atoms with van der Waals surface area (Å²) in [6.07, 6.45) is 2.65. The lowest BCUT2D eigenvalue weighted by molar-refractivity contribution is 0.680. The zero-order chi connectivity index (χ0) is 13.2. The van der Waals surface area contributed by atoms with Crippen LogP contribution in [0.4, 0.5) is 0 Å². The van der Waals surface area contributed by atoms with Crippen LogP contribution in [-0.4, -0.2) is 16.2 Å². The number of benzene rings is 1. The third-order valence-corrected chi connectivity index (χ3v) is 5.09. The van der Waals surface area contributed by atoms with Gasteiger partial charge in [-0.15, -0.1) is 10.2 Å². The van der Waals surface area contributed by atoms with Gasteiger partial charge in [0.2, 0.25) is 0 Å². The van der Waals surface area contributed by atoms with Crippen molar-refractivity contribution in [3.63, 3.8) is 0 Å². The van der Waals surface area contributed by atoms with Crippen LogP contribution in [0.1, 0.15) is 29.0 Å². The highest BCUT2D eigenvalue weighted by atomic mass is 32.2. The number of nitrogens with zero attached hydrogens (tertiary/aromatic N) is 2. The van der Waals surface area contributed by atoms with E-state index in [1.54, 1.807) is 23.1 Å². The first kappa shape index (κ1) is 13.1. The molecule has 1 aromatic carbocycles. The number of hydrogen-bond donors (Lipinski definition) is 1. The van der Waals surface area contributed by atoms with E-state index < -0.39 is 0 Å². The normalized spacial score (nSPS) is 14.8. The lowest BCUT2D eigenvalue weighted by atomic mass is 10.1. The summed E-state index contributed by atoms with van der Waals surface area (Å²) in [4.78, 5) is 1.29. The van der Waals surface area contributed by atoms with Gasteiger partial charge in [-0.25, -0.2) is 0 Å². The molecule has 1 heterocycles. The molecule has 0 saturated heterocycles. The molecule has 1 fully saturated rings. The lowest BCUT2D eigenvalue weighted by Crippen LogP contribution is -2.15. The molecule has 19 heavy (non-hydrogen) atoms. The summed E-state index contributed by atoms with van der Waals surface area (Å²) < 4.78 is 1.02. The van der Waals surface area contributed by atoms with E-state index in [0.29, 0.717) is 0 Å². The van der Waals surface area contributed by atoms with Crippen molar-refractivity contribution in [3.8, 4) is 0 Å². The van der Waals surface area contributed by atoms with Crippen molar-refractivity contribution < 1.29 is 0 Å². The van der Waals surface area contributed by atoms with Crippen LogP contribution in [0.25, 0.3) is 0 Å². The van der Waals surface area contributed by atoms with E-state index >= 15 is 0 Å². The second-order valence-electron chi connectivity index (χ2n) is 4.96. The van der Waals surface area contributed by atoms with Gasteiger partial charge in [-0.2, -0.15) is 0 Å². The largest absolute Gasteiger partial charge is 0.310 e. The average molecular weight is 291 g/mol. The maximum Gasteiger partial charge on any atom is 0.179 e.